The Morgan fingerprint density at radius 1 is 1.24 bits per heavy atom. The predicted molar refractivity (Wildman–Crippen MR) is 101 cm³/mol. The molecular formula is C16H23N7O5S. The second-order valence-corrected chi connectivity index (χ2v) is 8.93. The van der Waals surface area contributed by atoms with Crippen LogP contribution in [-0.2, 0) is 28.4 Å². The van der Waals surface area contributed by atoms with Crippen molar-refractivity contribution in [3.8, 4) is 0 Å². The summed E-state index contributed by atoms with van der Waals surface area (Å²) in [7, 11) is -1.98. The number of carbonyl (C=O) groups excluding carboxylic acids is 1. The molecule has 0 aliphatic carbocycles. The molecule has 0 radical (unpaired) electrons. The highest BCUT2D eigenvalue weighted by Crippen LogP contribution is 2.21. The van der Waals surface area contributed by atoms with Crippen molar-refractivity contribution in [2.45, 2.75) is 25.3 Å². The summed E-state index contributed by atoms with van der Waals surface area (Å²) in [6.07, 6.45) is 3.76. The van der Waals surface area contributed by atoms with Crippen LogP contribution in [0.4, 0.5) is 5.69 Å². The van der Waals surface area contributed by atoms with E-state index in [9.17, 15) is 23.3 Å². The van der Waals surface area contributed by atoms with E-state index in [1.54, 1.807) is 25.8 Å². The summed E-state index contributed by atoms with van der Waals surface area (Å²) >= 11 is 0. The Balaban J connectivity index is 1.60. The van der Waals surface area contributed by atoms with Crippen molar-refractivity contribution in [1.29, 1.82) is 0 Å². The minimum atomic E-state index is -3.66. The minimum Gasteiger partial charge on any atom is -0.340 e. The third kappa shape index (κ3) is 4.15. The molecule has 0 N–H and O–H groups in total. The van der Waals surface area contributed by atoms with Gasteiger partial charge in [0.1, 0.15) is 17.3 Å². The zero-order valence-corrected chi connectivity index (χ0v) is 17.2. The van der Waals surface area contributed by atoms with Gasteiger partial charge in [-0.1, -0.05) is 6.92 Å². The lowest BCUT2D eigenvalue weighted by molar-refractivity contribution is -0.385. The van der Waals surface area contributed by atoms with Gasteiger partial charge in [-0.3, -0.25) is 24.3 Å². The number of piperazine rings is 1. The van der Waals surface area contributed by atoms with Gasteiger partial charge in [0.2, 0.25) is 15.9 Å². The Bertz CT molecular complexity index is 1020. The van der Waals surface area contributed by atoms with Gasteiger partial charge in [0, 0.05) is 33.2 Å². The summed E-state index contributed by atoms with van der Waals surface area (Å²) in [4.78, 5) is 24.7. The maximum Gasteiger partial charge on any atom is 0.306 e. The number of nitro groups is 1. The molecule has 12 nitrogen and oxygen atoms in total. The van der Waals surface area contributed by atoms with Crippen molar-refractivity contribution in [3.63, 3.8) is 0 Å². The van der Waals surface area contributed by atoms with Gasteiger partial charge in [0.05, 0.1) is 29.3 Å². The molecule has 2 aromatic heterocycles. The molecule has 13 heteroatoms. The van der Waals surface area contributed by atoms with E-state index in [-0.39, 0.29) is 49.2 Å². The smallest absolute Gasteiger partial charge is 0.306 e. The fraction of sp³-hybridized carbons (Fsp3) is 0.562. The Kier molecular flexibility index (Phi) is 5.71. The van der Waals surface area contributed by atoms with Crippen molar-refractivity contribution in [1.82, 2.24) is 28.8 Å². The van der Waals surface area contributed by atoms with Crippen molar-refractivity contribution < 1.29 is 18.1 Å². The van der Waals surface area contributed by atoms with E-state index in [1.165, 1.54) is 26.1 Å². The van der Waals surface area contributed by atoms with Gasteiger partial charge in [-0.2, -0.15) is 14.5 Å². The van der Waals surface area contributed by atoms with Gasteiger partial charge in [0.15, 0.2) is 0 Å². The van der Waals surface area contributed by atoms with Crippen LogP contribution in [-0.4, -0.2) is 74.2 Å². The van der Waals surface area contributed by atoms with Crippen molar-refractivity contribution in [2.75, 3.05) is 26.2 Å². The van der Waals surface area contributed by atoms with E-state index in [0.717, 1.165) is 6.20 Å². The Morgan fingerprint density at radius 3 is 2.41 bits per heavy atom. The van der Waals surface area contributed by atoms with Crippen LogP contribution in [0, 0.1) is 23.0 Å². The lowest BCUT2D eigenvalue weighted by Crippen LogP contribution is -2.52. The molecule has 29 heavy (non-hydrogen) atoms. The third-order valence-electron chi connectivity index (χ3n) is 5.07. The molecule has 1 fully saturated rings. The Labute approximate surface area is 167 Å². The van der Waals surface area contributed by atoms with Gasteiger partial charge in [-0.15, -0.1) is 0 Å². The number of aryl methyl sites for hydroxylation is 1. The number of hydrogen-bond acceptors (Lipinski definition) is 7. The number of amides is 1. The molecule has 1 amide bonds. The number of carbonyl (C=O) groups is 1. The molecule has 1 aliphatic rings. The molecule has 1 saturated heterocycles. The predicted octanol–water partition coefficient (Wildman–Crippen LogP) is 0.00242. The summed E-state index contributed by atoms with van der Waals surface area (Å²) in [5.74, 6) is -0.587. The third-order valence-corrected chi connectivity index (χ3v) is 7.07. The first-order chi connectivity index (χ1) is 13.6. The monoisotopic (exact) mass is 425 g/mol. The van der Waals surface area contributed by atoms with E-state index in [0.29, 0.717) is 5.69 Å². The lowest BCUT2D eigenvalue weighted by atomic mass is 10.1. The van der Waals surface area contributed by atoms with E-state index in [2.05, 4.69) is 10.2 Å². The van der Waals surface area contributed by atoms with Crippen LogP contribution >= 0.6 is 0 Å². The van der Waals surface area contributed by atoms with Gasteiger partial charge in [-0.05, 0) is 6.92 Å². The molecule has 0 saturated carbocycles. The first-order valence-corrected chi connectivity index (χ1v) is 10.5. The van der Waals surface area contributed by atoms with E-state index >= 15 is 0 Å². The van der Waals surface area contributed by atoms with Gasteiger partial charge in [0.25, 0.3) is 0 Å². The van der Waals surface area contributed by atoms with Gasteiger partial charge in [-0.25, -0.2) is 8.42 Å². The molecule has 2 aromatic rings. The molecule has 0 spiro atoms. The van der Waals surface area contributed by atoms with E-state index < -0.39 is 20.9 Å². The number of hydrogen-bond donors (Lipinski definition) is 0. The standard InChI is InChI=1S/C16H23N7O5S/c1-12(10-21-11-14(8-18-21)23(25)26)16(24)20-4-6-22(7-5-20)29(27,28)15-9-17-19(3)13(15)2/h8-9,11-12H,4-7,10H2,1-3H3. The van der Waals surface area contributed by atoms with Crippen LogP contribution < -0.4 is 0 Å². The number of sulfonamides is 1. The highest BCUT2D eigenvalue weighted by molar-refractivity contribution is 7.89. The van der Waals surface area contributed by atoms with Crippen LogP contribution in [0.1, 0.15) is 12.6 Å². The molecule has 158 valence electrons. The first-order valence-electron chi connectivity index (χ1n) is 9.05. The summed E-state index contributed by atoms with van der Waals surface area (Å²) in [5, 5.41) is 18.6. The average Bonchev–Trinajstić information content (AvgIpc) is 3.28. The topological polar surface area (TPSA) is 136 Å². The van der Waals surface area contributed by atoms with E-state index in [4.69, 9.17) is 0 Å². The molecule has 3 heterocycles. The van der Waals surface area contributed by atoms with Crippen molar-refractivity contribution >= 4 is 21.6 Å². The summed E-state index contributed by atoms with van der Waals surface area (Å²) in [6.45, 7) is 4.58. The fourth-order valence-electron chi connectivity index (χ4n) is 3.24. The second kappa shape index (κ2) is 7.91. The van der Waals surface area contributed by atoms with Gasteiger partial charge < -0.3 is 4.90 Å². The van der Waals surface area contributed by atoms with Crippen LogP contribution in [0.25, 0.3) is 0 Å². The highest BCUT2D eigenvalue weighted by atomic mass is 32.2. The molecule has 0 aromatic carbocycles. The minimum absolute atomic E-state index is 0.130. The summed E-state index contributed by atoms with van der Waals surface area (Å²) in [5.41, 5.74) is 0.430. The van der Waals surface area contributed by atoms with Crippen molar-refractivity contribution in [2.24, 2.45) is 13.0 Å². The lowest BCUT2D eigenvalue weighted by Gasteiger charge is -2.35. The quantitative estimate of drug-likeness (QED) is 0.469. The molecule has 3 rings (SSSR count). The maximum atomic E-state index is 12.8. The summed E-state index contributed by atoms with van der Waals surface area (Å²) in [6, 6.07) is 0. The fourth-order valence-corrected chi connectivity index (χ4v) is 4.84. The Morgan fingerprint density at radius 2 is 1.90 bits per heavy atom. The van der Waals surface area contributed by atoms with Gasteiger partial charge >= 0.3 is 5.69 Å². The molecular weight excluding hydrogens is 402 g/mol. The highest BCUT2D eigenvalue weighted by Gasteiger charge is 2.33. The molecule has 1 atom stereocenters. The zero-order valence-electron chi connectivity index (χ0n) is 16.4. The maximum absolute atomic E-state index is 12.8. The van der Waals surface area contributed by atoms with Crippen LogP contribution in [0.3, 0.4) is 0 Å². The van der Waals surface area contributed by atoms with Crippen LogP contribution in [0.5, 0.6) is 0 Å². The van der Waals surface area contributed by atoms with Crippen LogP contribution in [0.2, 0.25) is 0 Å². The molecule has 1 aliphatic heterocycles. The second-order valence-electron chi connectivity index (χ2n) is 7.03. The molecule has 1 unspecified atom stereocenters. The SMILES string of the molecule is Cc1c(S(=O)(=O)N2CCN(C(=O)C(C)Cn3cc([N+](=O)[O-])cn3)CC2)cnn1C. The Hall–Kier alpha value is -2.80. The summed E-state index contributed by atoms with van der Waals surface area (Å²) < 4.78 is 29.9. The zero-order chi connectivity index (χ0) is 21.3. The average molecular weight is 425 g/mol. The normalized spacial score (nSPS) is 16.7. The number of nitrogens with zero attached hydrogens (tertiary/aromatic N) is 7. The van der Waals surface area contributed by atoms with Crippen molar-refractivity contribution in [3.05, 3.63) is 34.4 Å². The largest absolute Gasteiger partial charge is 0.340 e. The molecule has 0 bridgehead atoms. The van der Waals surface area contributed by atoms with E-state index in [1.807, 2.05) is 0 Å². The van der Waals surface area contributed by atoms with Crippen LogP contribution in [0.15, 0.2) is 23.5 Å². The number of rotatable bonds is 6. The first kappa shape index (κ1) is 20.9. The number of aromatic nitrogens is 4.